The van der Waals surface area contributed by atoms with Gasteiger partial charge in [0.2, 0.25) is 0 Å². The van der Waals surface area contributed by atoms with Crippen LogP contribution in [0, 0.1) is 0 Å². The second kappa shape index (κ2) is 12.5. The molecular weight excluding hydrogens is 584 g/mol. The lowest BCUT2D eigenvalue weighted by Gasteiger charge is -2.24. The van der Waals surface area contributed by atoms with Crippen LogP contribution < -0.4 is 15.4 Å². The molecule has 6 rings (SSSR count). The van der Waals surface area contributed by atoms with Crippen LogP contribution in [0.15, 0.2) is 97.1 Å². The third-order valence-electron chi connectivity index (χ3n) is 9.01. The maximum Gasteiger partial charge on any atom is 0.251 e. The van der Waals surface area contributed by atoms with Gasteiger partial charge in [0.1, 0.15) is 11.5 Å². The molecule has 0 saturated heterocycles. The van der Waals surface area contributed by atoms with Crippen LogP contribution in [0.4, 0.5) is 0 Å². The number of carbonyl (C=O) groups excluding carboxylic acids is 2. The Kier molecular flexibility index (Phi) is 8.41. The SMILES string of the molecule is CCC(C)(C)NC(=O)c1ccc2cc(-c3ccc(Oc4ccc(-c5cc6ccc(C(=O)NC(C)(C)CC)cc6[nH]5)cc4)cc3)[nH]c2c1. The number of amides is 2. The minimum Gasteiger partial charge on any atom is -0.457 e. The summed E-state index contributed by atoms with van der Waals surface area (Å²) in [5.74, 6) is 1.32. The van der Waals surface area contributed by atoms with E-state index >= 15 is 0 Å². The van der Waals surface area contributed by atoms with Gasteiger partial charge in [-0.05, 0) is 137 Å². The molecule has 4 aromatic carbocycles. The van der Waals surface area contributed by atoms with Gasteiger partial charge in [-0.3, -0.25) is 9.59 Å². The minimum absolute atomic E-state index is 0.0720. The molecule has 2 aromatic heterocycles. The monoisotopic (exact) mass is 626 g/mol. The molecule has 0 aliphatic carbocycles. The smallest absolute Gasteiger partial charge is 0.251 e. The Morgan fingerprint density at radius 3 is 1.32 bits per heavy atom. The zero-order valence-corrected chi connectivity index (χ0v) is 27.9. The zero-order valence-electron chi connectivity index (χ0n) is 27.9. The van der Waals surface area contributed by atoms with Gasteiger partial charge in [0.15, 0.2) is 0 Å². The van der Waals surface area contributed by atoms with Crippen molar-refractivity contribution in [3.63, 3.8) is 0 Å². The Hall–Kier alpha value is -5.30. The summed E-state index contributed by atoms with van der Waals surface area (Å²) in [6.07, 6.45) is 1.71. The van der Waals surface area contributed by atoms with Gasteiger partial charge in [-0.15, -0.1) is 0 Å². The molecule has 0 aliphatic rings. The first-order chi connectivity index (χ1) is 22.4. The van der Waals surface area contributed by atoms with Crippen LogP contribution in [0.1, 0.15) is 75.1 Å². The highest BCUT2D eigenvalue weighted by molar-refractivity contribution is 6.00. The van der Waals surface area contributed by atoms with Crippen molar-refractivity contribution < 1.29 is 14.3 Å². The summed E-state index contributed by atoms with van der Waals surface area (Å²) in [4.78, 5) is 32.5. The third kappa shape index (κ3) is 7.09. The van der Waals surface area contributed by atoms with Gasteiger partial charge in [-0.1, -0.05) is 26.0 Å². The predicted molar refractivity (Wildman–Crippen MR) is 191 cm³/mol. The lowest BCUT2D eigenvalue weighted by molar-refractivity contribution is 0.0902. The van der Waals surface area contributed by atoms with Crippen LogP contribution in [0.5, 0.6) is 11.5 Å². The maximum atomic E-state index is 12.8. The first-order valence-electron chi connectivity index (χ1n) is 16.2. The fraction of sp³-hybridized carbons (Fsp3) is 0.250. The van der Waals surface area contributed by atoms with Gasteiger partial charge < -0.3 is 25.3 Å². The number of fused-ring (bicyclic) bond motifs is 2. The van der Waals surface area contributed by atoms with E-state index < -0.39 is 0 Å². The van der Waals surface area contributed by atoms with Crippen molar-refractivity contribution in [1.82, 2.24) is 20.6 Å². The van der Waals surface area contributed by atoms with Crippen LogP contribution in [0.3, 0.4) is 0 Å². The third-order valence-corrected chi connectivity index (χ3v) is 9.01. The second-order valence-electron chi connectivity index (χ2n) is 13.5. The lowest BCUT2D eigenvalue weighted by Crippen LogP contribution is -2.42. The summed E-state index contributed by atoms with van der Waals surface area (Å²) in [6.45, 7) is 12.2. The summed E-state index contributed by atoms with van der Waals surface area (Å²) < 4.78 is 6.15. The molecule has 0 spiro atoms. The van der Waals surface area contributed by atoms with Crippen LogP contribution in [0.25, 0.3) is 44.3 Å². The van der Waals surface area contributed by atoms with Crippen molar-refractivity contribution in [3.8, 4) is 34.0 Å². The normalized spacial score (nSPS) is 12.0. The fourth-order valence-corrected chi connectivity index (χ4v) is 5.32. The minimum atomic E-state index is -0.256. The number of hydrogen-bond acceptors (Lipinski definition) is 3. The van der Waals surface area contributed by atoms with Crippen LogP contribution in [-0.4, -0.2) is 32.9 Å². The molecule has 0 bridgehead atoms. The van der Waals surface area contributed by atoms with Gasteiger partial charge >= 0.3 is 0 Å². The standard InChI is InChI=1S/C40H42N4O3/c1-7-39(3,4)43-37(45)29-11-9-27-21-33(41-35(27)23-29)25-13-17-31(18-14-25)47-32-19-15-26(16-20-32)34-22-28-10-12-30(24-36(28)42-34)38(46)44-40(5,6)8-2/h9-24,41-42H,7-8H2,1-6H3,(H,43,45)(H,44,46). The van der Waals surface area contributed by atoms with Gasteiger partial charge in [-0.25, -0.2) is 0 Å². The van der Waals surface area contributed by atoms with Crippen LogP contribution in [-0.2, 0) is 0 Å². The topological polar surface area (TPSA) is 99.0 Å². The van der Waals surface area contributed by atoms with E-state index in [2.05, 4.69) is 46.6 Å². The van der Waals surface area contributed by atoms with Crippen LogP contribution >= 0.6 is 0 Å². The maximum absolute atomic E-state index is 12.8. The van der Waals surface area contributed by atoms with Crippen molar-refractivity contribution in [1.29, 1.82) is 0 Å². The summed E-state index contributed by atoms with van der Waals surface area (Å²) in [5, 5.41) is 8.29. The first kappa shape index (κ1) is 31.7. The van der Waals surface area contributed by atoms with Crippen molar-refractivity contribution >= 4 is 33.6 Å². The van der Waals surface area contributed by atoms with Gasteiger partial charge in [0, 0.05) is 55.4 Å². The number of aromatic nitrogens is 2. The number of rotatable bonds is 10. The van der Waals surface area contributed by atoms with Crippen molar-refractivity contribution in [2.45, 2.75) is 65.5 Å². The number of hydrogen-bond donors (Lipinski definition) is 4. The van der Waals surface area contributed by atoms with Crippen molar-refractivity contribution in [3.05, 3.63) is 108 Å². The second-order valence-corrected chi connectivity index (χ2v) is 13.5. The number of H-pyrrole nitrogens is 2. The Morgan fingerprint density at radius 1 is 0.574 bits per heavy atom. The quantitative estimate of drug-likeness (QED) is 0.122. The summed E-state index contributed by atoms with van der Waals surface area (Å²) >= 11 is 0. The Bertz CT molecular complexity index is 1920. The molecule has 0 fully saturated rings. The van der Waals surface area contributed by atoms with E-state index in [0.717, 1.165) is 68.7 Å². The summed E-state index contributed by atoms with van der Waals surface area (Å²) in [5.41, 5.74) is 6.58. The molecule has 7 heteroatoms. The number of aromatic amines is 2. The molecule has 0 unspecified atom stereocenters. The summed E-state index contributed by atoms with van der Waals surface area (Å²) in [7, 11) is 0. The number of carbonyl (C=O) groups is 2. The highest BCUT2D eigenvalue weighted by atomic mass is 16.5. The molecule has 6 aromatic rings. The van der Waals surface area contributed by atoms with E-state index in [-0.39, 0.29) is 22.9 Å². The van der Waals surface area contributed by atoms with E-state index in [0.29, 0.717) is 11.1 Å². The zero-order chi connectivity index (χ0) is 33.3. The van der Waals surface area contributed by atoms with Gasteiger partial charge in [0.05, 0.1) is 0 Å². The molecule has 240 valence electrons. The van der Waals surface area contributed by atoms with E-state index in [4.69, 9.17) is 4.74 Å². The van der Waals surface area contributed by atoms with E-state index in [1.54, 1.807) is 0 Å². The van der Waals surface area contributed by atoms with Crippen molar-refractivity contribution in [2.24, 2.45) is 0 Å². The first-order valence-corrected chi connectivity index (χ1v) is 16.2. The molecule has 7 nitrogen and oxygen atoms in total. The van der Waals surface area contributed by atoms with Crippen molar-refractivity contribution in [2.75, 3.05) is 0 Å². The number of ether oxygens (including phenoxy) is 1. The Morgan fingerprint density at radius 2 is 0.957 bits per heavy atom. The lowest BCUT2D eigenvalue weighted by atomic mass is 10.0. The highest BCUT2D eigenvalue weighted by Gasteiger charge is 2.20. The fourth-order valence-electron chi connectivity index (χ4n) is 5.32. The Balaban J connectivity index is 1.12. The van der Waals surface area contributed by atoms with E-state index in [1.165, 1.54) is 0 Å². The highest BCUT2D eigenvalue weighted by Crippen LogP contribution is 2.31. The number of benzene rings is 4. The van der Waals surface area contributed by atoms with Gasteiger partial charge in [0.25, 0.3) is 11.8 Å². The van der Waals surface area contributed by atoms with Gasteiger partial charge in [-0.2, -0.15) is 0 Å². The largest absolute Gasteiger partial charge is 0.457 e. The average Bonchev–Trinajstić information content (AvgIpc) is 3.69. The predicted octanol–water partition coefficient (Wildman–Crippen LogP) is 9.61. The molecule has 0 radical (unpaired) electrons. The average molecular weight is 627 g/mol. The molecule has 0 aliphatic heterocycles. The van der Waals surface area contributed by atoms with Crippen LogP contribution in [0.2, 0.25) is 0 Å². The molecule has 0 saturated carbocycles. The molecular formula is C40H42N4O3. The number of nitrogens with one attached hydrogen (secondary N) is 4. The molecule has 47 heavy (non-hydrogen) atoms. The molecule has 4 N–H and O–H groups in total. The Labute approximate surface area is 275 Å². The molecule has 2 heterocycles. The molecule has 0 atom stereocenters. The van der Waals surface area contributed by atoms with E-state index in [9.17, 15) is 9.59 Å². The summed E-state index contributed by atoms with van der Waals surface area (Å²) in [6, 6.07) is 31.6. The molecule has 2 amide bonds. The van der Waals surface area contributed by atoms with E-state index in [1.807, 2.05) is 113 Å².